The Balaban J connectivity index is 3.79. The molecular formula is C2BrF2O2-. The molecule has 0 fully saturated rings. The molecule has 0 unspecified atom stereocenters. The SMILES string of the molecule is O=C([O-])C(F)(F)Br. The van der Waals surface area contributed by atoms with Crippen molar-refractivity contribution >= 4 is 21.9 Å². The topological polar surface area (TPSA) is 40.1 Å². The quantitative estimate of drug-likeness (QED) is 0.513. The molecular weight excluding hydrogens is 174 g/mol. The van der Waals surface area contributed by atoms with Crippen LogP contribution >= 0.6 is 15.9 Å². The average molecular weight is 174 g/mol. The summed E-state index contributed by atoms with van der Waals surface area (Å²) < 4.78 is 22.2. The fraction of sp³-hybridized carbons (Fsp3) is 0.500. The summed E-state index contributed by atoms with van der Waals surface area (Å²) in [6.07, 6.45) is 0. The van der Waals surface area contributed by atoms with Crippen LogP contribution in [0, 0.1) is 0 Å². The molecule has 0 aliphatic carbocycles. The summed E-state index contributed by atoms with van der Waals surface area (Å²) >= 11 is 1.55. The number of carbonyl (C=O) groups is 1. The molecule has 42 valence electrons. The van der Waals surface area contributed by atoms with E-state index in [1.807, 2.05) is 0 Å². The lowest BCUT2D eigenvalue weighted by Crippen LogP contribution is -2.36. The van der Waals surface area contributed by atoms with Crippen molar-refractivity contribution in [1.82, 2.24) is 0 Å². The van der Waals surface area contributed by atoms with Crippen LogP contribution in [0.1, 0.15) is 0 Å². The molecule has 2 nitrogen and oxygen atoms in total. The van der Waals surface area contributed by atoms with Crippen molar-refractivity contribution in [2.24, 2.45) is 0 Å². The zero-order valence-corrected chi connectivity index (χ0v) is 4.54. The Morgan fingerprint density at radius 1 is 1.71 bits per heavy atom. The Morgan fingerprint density at radius 3 is 1.86 bits per heavy atom. The lowest BCUT2D eigenvalue weighted by atomic mass is 10.7. The van der Waals surface area contributed by atoms with E-state index in [-0.39, 0.29) is 0 Å². The van der Waals surface area contributed by atoms with Crippen LogP contribution in [0.2, 0.25) is 0 Å². The van der Waals surface area contributed by atoms with Gasteiger partial charge in [-0.25, -0.2) is 0 Å². The van der Waals surface area contributed by atoms with Crippen molar-refractivity contribution in [2.45, 2.75) is 4.83 Å². The number of carboxylic acid groups (broad SMARTS) is 1. The fourth-order valence-corrected chi connectivity index (χ4v) is 0. The normalized spacial score (nSPS) is 11.3. The third-order valence-electron chi connectivity index (χ3n) is 0.231. The van der Waals surface area contributed by atoms with E-state index in [4.69, 9.17) is 9.90 Å². The van der Waals surface area contributed by atoms with Gasteiger partial charge in [0.1, 0.15) is 5.97 Å². The second-order valence-corrected chi connectivity index (χ2v) is 1.78. The highest BCUT2D eigenvalue weighted by Gasteiger charge is 2.24. The second-order valence-electron chi connectivity index (χ2n) is 0.785. The van der Waals surface area contributed by atoms with E-state index < -0.39 is 10.8 Å². The molecule has 5 heteroatoms. The molecule has 0 spiro atoms. The van der Waals surface area contributed by atoms with Crippen LogP contribution in [0.4, 0.5) is 8.78 Å². The maximum absolute atomic E-state index is 11.1. The van der Waals surface area contributed by atoms with Crippen molar-refractivity contribution < 1.29 is 18.7 Å². The maximum Gasteiger partial charge on any atom is 0.340 e. The Bertz CT molecular complexity index is 86.2. The molecule has 0 atom stereocenters. The number of carboxylic acids is 1. The van der Waals surface area contributed by atoms with Gasteiger partial charge >= 0.3 is 4.83 Å². The van der Waals surface area contributed by atoms with E-state index in [2.05, 4.69) is 0 Å². The highest BCUT2D eigenvalue weighted by atomic mass is 79.9. The summed E-state index contributed by atoms with van der Waals surface area (Å²) in [4.78, 5) is 5.23. The van der Waals surface area contributed by atoms with Crippen LogP contribution in [0.5, 0.6) is 0 Å². The summed E-state index contributed by atoms with van der Waals surface area (Å²) in [5.41, 5.74) is 0. The molecule has 0 aliphatic heterocycles. The minimum absolute atomic E-state index is 1.55. The number of carbonyl (C=O) groups excluding carboxylic acids is 1. The third-order valence-corrected chi connectivity index (χ3v) is 0.555. The molecule has 0 N–H and O–H groups in total. The third kappa shape index (κ3) is 2.50. The number of alkyl halides is 3. The molecule has 0 aliphatic rings. The van der Waals surface area contributed by atoms with Crippen LogP contribution < -0.4 is 5.11 Å². The minimum Gasteiger partial charge on any atom is -0.543 e. The van der Waals surface area contributed by atoms with Crippen LogP contribution in [0.25, 0.3) is 0 Å². The Labute approximate surface area is 46.3 Å². The molecule has 0 radical (unpaired) electrons. The minimum atomic E-state index is -3.88. The summed E-state index contributed by atoms with van der Waals surface area (Å²) in [5.74, 6) is -2.42. The van der Waals surface area contributed by atoms with E-state index in [1.165, 1.54) is 0 Å². The molecule has 0 amide bonds. The van der Waals surface area contributed by atoms with Gasteiger partial charge in [0, 0.05) is 0 Å². The van der Waals surface area contributed by atoms with Crippen molar-refractivity contribution in [3.63, 3.8) is 0 Å². The smallest absolute Gasteiger partial charge is 0.340 e. The predicted molar refractivity (Wildman–Crippen MR) is 18.9 cm³/mol. The monoisotopic (exact) mass is 173 g/mol. The molecule has 0 aromatic rings. The maximum atomic E-state index is 11.1. The lowest BCUT2D eigenvalue weighted by Gasteiger charge is -2.06. The first-order chi connectivity index (χ1) is 2.94. The van der Waals surface area contributed by atoms with Crippen molar-refractivity contribution in [1.29, 1.82) is 0 Å². The van der Waals surface area contributed by atoms with Gasteiger partial charge in [-0.1, -0.05) is 0 Å². The molecule has 0 saturated heterocycles. The molecule has 0 rings (SSSR count). The molecule has 0 aromatic carbocycles. The molecule has 0 saturated carbocycles. The van der Waals surface area contributed by atoms with Crippen molar-refractivity contribution in [3.05, 3.63) is 0 Å². The molecule has 0 aromatic heterocycles. The first kappa shape index (κ1) is 6.81. The second kappa shape index (κ2) is 1.73. The Kier molecular flexibility index (Phi) is 1.68. The Hall–Kier alpha value is -0.190. The van der Waals surface area contributed by atoms with Crippen LogP contribution in [0.15, 0.2) is 0 Å². The van der Waals surface area contributed by atoms with Gasteiger partial charge in [-0.3, -0.25) is 0 Å². The first-order valence-corrected chi connectivity index (χ1v) is 2.02. The largest absolute Gasteiger partial charge is 0.543 e. The van der Waals surface area contributed by atoms with Gasteiger partial charge in [0.05, 0.1) is 0 Å². The Morgan fingerprint density at radius 2 is 1.86 bits per heavy atom. The van der Waals surface area contributed by atoms with Gasteiger partial charge in [-0.2, -0.15) is 8.78 Å². The molecule has 0 heterocycles. The van der Waals surface area contributed by atoms with E-state index in [1.54, 1.807) is 15.9 Å². The number of halogens is 3. The van der Waals surface area contributed by atoms with Gasteiger partial charge in [-0.15, -0.1) is 0 Å². The van der Waals surface area contributed by atoms with Crippen molar-refractivity contribution in [3.8, 4) is 0 Å². The van der Waals surface area contributed by atoms with Gasteiger partial charge in [-0.05, 0) is 15.9 Å². The van der Waals surface area contributed by atoms with Gasteiger partial charge in [0.2, 0.25) is 0 Å². The van der Waals surface area contributed by atoms with Crippen LogP contribution in [0.3, 0.4) is 0 Å². The van der Waals surface area contributed by atoms with Crippen molar-refractivity contribution in [2.75, 3.05) is 0 Å². The fourth-order valence-electron chi connectivity index (χ4n) is 0. The van der Waals surface area contributed by atoms with Crippen LogP contribution in [-0.2, 0) is 4.79 Å². The number of hydrogen-bond donors (Lipinski definition) is 0. The van der Waals surface area contributed by atoms with E-state index in [0.29, 0.717) is 0 Å². The lowest BCUT2D eigenvalue weighted by molar-refractivity contribution is -0.320. The number of rotatable bonds is 1. The summed E-state index contributed by atoms with van der Waals surface area (Å²) in [6.45, 7) is 0. The summed E-state index contributed by atoms with van der Waals surface area (Å²) in [5, 5.41) is 9.11. The highest BCUT2D eigenvalue weighted by molar-refractivity contribution is 9.10. The van der Waals surface area contributed by atoms with E-state index in [0.717, 1.165) is 0 Å². The highest BCUT2D eigenvalue weighted by Crippen LogP contribution is 2.19. The molecule has 7 heavy (non-hydrogen) atoms. The van der Waals surface area contributed by atoms with E-state index >= 15 is 0 Å². The van der Waals surface area contributed by atoms with Gasteiger partial charge in [0.15, 0.2) is 0 Å². The number of aliphatic carboxylic acids is 1. The summed E-state index contributed by atoms with van der Waals surface area (Å²) in [7, 11) is 0. The van der Waals surface area contributed by atoms with Gasteiger partial charge in [0.25, 0.3) is 0 Å². The zero-order valence-electron chi connectivity index (χ0n) is 2.95. The summed E-state index contributed by atoms with van der Waals surface area (Å²) in [6, 6.07) is 0. The zero-order chi connectivity index (χ0) is 6.08. The predicted octanol–water partition coefficient (Wildman–Crippen LogP) is -0.276. The first-order valence-electron chi connectivity index (χ1n) is 1.23. The van der Waals surface area contributed by atoms with E-state index in [9.17, 15) is 8.78 Å². The van der Waals surface area contributed by atoms with Gasteiger partial charge < -0.3 is 9.90 Å². The van der Waals surface area contributed by atoms with Crippen LogP contribution in [-0.4, -0.2) is 10.8 Å². The number of hydrogen-bond acceptors (Lipinski definition) is 2. The average Bonchev–Trinajstić information content (AvgIpc) is 1.31. The standard InChI is InChI=1S/C2HBrF2O2/c3-2(4,5)1(6)7/h(H,6,7)/p-1. The molecule has 0 bridgehead atoms.